The van der Waals surface area contributed by atoms with E-state index in [9.17, 15) is 8.78 Å². The molecule has 9 rings (SSSR count). The van der Waals surface area contributed by atoms with E-state index in [2.05, 4.69) is 42.5 Å². The molecule has 5 saturated heterocycles. The van der Waals surface area contributed by atoms with Crippen molar-refractivity contribution in [1.29, 1.82) is 0 Å². The largest absolute Gasteiger partial charge is 0.353 e. The van der Waals surface area contributed by atoms with Gasteiger partial charge in [0.15, 0.2) is 12.3 Å². The number of alkyl halides is 4. The van der Waals surface area contributed by atoms with Gasteiger partial charge in [-0.3, -0.25) is 52.6 Å². The fourth-order valence-electron chi connectivity index (χ4n) is 11.9. The highest BCUT2D eigenvalue weighted by atomic mass is 35.6. The molecule has 4 saturated carbocycles. The van der Waals surface area contributed by atoms with Gasteiger partial charge in [-0.15, -0.1) is 0 Å². The Labute approximate surface area is 283 Å². The van der Waals surface area contributed by atoms with E-state index in [4.69, 9.17) is 10.0 Å². The van der Waals surface area contributed by atoms with Crippen molar-refractivity contribution in [2.24, 2.45) is 47.3 Å². The summed E-state index contributed by atoms with van der Waals surface area (Å²) < 4.78 is 61.5. The summed E-state index contributed by atoms with van der Waals surface area (Å²) in [4.78, 5) is 0. The molecule has 0 radical (unpaired) electrons. The van der Waals surface area contributed by atoms with Crippen molar-refractivity contribution < 1.29 is 17.6 Å². The fourth-order valence-corrected chi connectivity index (χ4v) is 11.9. The molecule has 8 N–H and O–H groups in total. The molecule has 9 fully saturated rings. The molecule has 14 heteroatoms. The van der Waals surface area contributed by atoms with Crippen LogP contribution >= 0.6 is 10.0 Å². The van der Waals surface area contributed by atoms with E-state index < -0.39 is 48.9 Å². The minimum Gasteiger partial charge on any atom is -0.286 e. The summed E-state index contributed by atoms with van der Waals surface area (Å²) in [5.74, 6) is 0.629. The number of hydrogen-bond acceptors (Lipinski definition) is 8. The Morgan fingerprint density at radius 2 is 0.522 bits per heavy atom. The van der Waals surface area contributed by atoms with Gasteiger partial charge < -0.3 is 0 Å². The van der Waals surface area contributed by atoms with Crippen LogP contribution in [0.3, 0.4) is 0 Å². The summed E-state index contributed by atoms with van der Waals surface area (Å²) in [7, 11) is 4.78. The molecule has 0 aromatic rings. The van der Waals surface area contributed by atoms with Crippen molar-refractivity contribution in [3.8, 4) is 0 Å². The first-order valence-corrected chi connectivity index (χ1v) is 21.5. The highest BCUT2D eigenvalue weighted by molar-refractivity contribution is 6.80. The molecule has 260 valence electrons. The number of rotatable bonds is 0. The average molecular weight is 689 g/mol. The van der Waals surface area contributed by atoms with Gasteiger partial charge in [0.1, 0.15) is 12.3 Å². The Kier molecular flexibility index (Phi) is 9.97. The standard InChI is InChI=1S/C32H52F4N8.Al.ClH.2H/c33-21-19-20(22(34)24(36)23(21)35)32-43-30-18-12-6-4-10-16(18)28(41-30)39-26-14-8-2-1-7-13(14)25(37-26)38-27-15-9-3-5-11-17(15)29(40-27)42-31(19)44-32;;;;/h13-32,37-44H,1-12H2;;1H;;/q;+1;;;/p-1. The van der Waals surface area contributed by atoms with Crippen LogP contribution in [-0.2, 0) is 0 Å². The summed E-state index contributed by atoms with van der Waals surface area (Å²) in [6.45, 7) is 0. The summed E-state index contributed by atoms with van der Waals surface area (Å²) in [5.41, 5.74) is 0. The molecule has 5 aliphatic heterocycles. The van der Waals surface area contributed by atoms with Gasteiger partial charge in [-0.25, -0.2) is 17.6 Å². The van der Waals surface area contributed by atoms with Crippen LogP contribution in [0.25, 0.3) is 0 Å². The van der Waals surface area contributed by atoms with Gasteiger partial charge in [0.05, 0.1) is 49.3 Å². The van der Waals surface area contributed by atoms with Gasteiger partial charge in [0, 0.05) is 11.8 Å². The minimum atomic E-state index is -2.45. The smallest absolute Gasteiger partial charge is 0.286 e. The molecule has 0 aromatic heterocycles. The molecule has 9 aliphatic rings. The molecule has 5 heterocycles. The first kappa shape index (κ1) is 33.4. The molecule has 20 unspecified atom stereocenters. The van der Waals surface area contributed by atoms with Gasteiger partial charge in [-0.2, -0.15) is 0 Å². The summed E-state index contributed by atoms with van der Waals surface area (Å²) in [6, 6.07) is 0. The molecule has 46 heavy (non-hydrogen) atoms. The van der Waals surface area contributed by atoms with E-state index in [0.29, 0.717) is 35.5 Å². The topological polar surface area (TPSA) is 96.2 Å². The Balaban J connectivity index is 0.00000153. The maximum Gasteiger partial charge on any atom is 0.353 e. The van der Waals surface area contributed by atoms with Crippen LogP contribution in [0.15, 0.2) is 0 Å². The zero-order valence-electron chi connectivity index (χ0n) is 26.9. The lowest BCUT2D eigenvalue weighted by Crippen LogP contribution is -2.62. The zero-order chi connectivity index (χ0) is 31.7. The summed E-state index contributed by atoms with van der Waals surface area (Å²) in [6.07, 6.45) is 3.98. The quantitative estimate of drug-likeness (QED) is 0.145. The van der Waals surface area contributed by atoms with E-state index in [0.717, 1.165) is 53.9 Å². The second kappa shape index (κ2) is 13.7. The van der Waals surface area contributed by atoms with Crippen LogP contribution in [0.1, 0.15) is 77.0 Å². The van der Waals surface area contributed by atoms with Crippen LogP contribution in [0, 0.1) is 47.3 Å². The average Bonchev–Trinajstić information content (AvgIpc) is 3.83. The van der Waals surface area contributed by atoms with E-state index in [1.54, 1.807) is 0 Å². The van der Waals surface area contributed by atoms with Crippen LogP contribution in [-0.4, -0.2) is 89.4 Å². The Hall–Kier alpha value is 0.222. The second-order valence-electron chi connectivity index (χ2n) is 15.9. The SMILES string of the molecule is FC1C(F)C(F)C2C3NC4NC(NC5NC(NC6NC(NC(N3)C2C1F)C1CCCCC61)C1CCCCC51)C1CCCCC41.[AlH2][Cl]. The van der Waals surface area contributed by atoms with Crippen molar-refractivity contribution in [2.45, 2.75) is 151 Å². The highest BCUT2D eigenvalue weighted by Crippen LogP contribution is 2.47. The molecule has 0 spiro atoms. The number of hydrogen-bond donors (Lipinski definition) is 8. The summed E-state index contributed by atoms with van der Waals surface area (Å²) in [5, 5.41) is 30.6. The van der Waals surface area contributed by atoms with E-state index in [-0.39, 0.29) is 37.0 Å². The van der Waals surface area contributed by atoms with Crippen LogP contribution in [0.4, 0.5) is 17.6 Å². The maximum absolute atomic E-state index is 15.8. The molecule has 20 atom stereocenters. The first-order chi connectivity index (χ1) is 22.5. The molecular formula is C32H54AlClF4N8. The molecule has 8 nitrogen and oxygen atoms in total. The molecular weight excluding hydrogens is 635 g/mol. The zero-order valence-corrected chi connectivity index (χ0v) is 29.7. The highest BCUT2D eigenvalue weighted by Gasteiger charge is 2.63. The normalized spacial score (nSPS) is 57.8. The Bertz CT molecular complexity index is 996. The second-order valence-corrected chi connectivity index (χ2v) is 15.9. The first-order valence-electron chi connectivity index (χ1n) is 18.5. The fraction of sp³-hybridized carbons (Fsp3) is 1.00. The number of halogens is 5. The monoisotopic (exact) mass is 688 g/mol. The molecule has 0 aromatic carbocycles. The van der Waals surface area contributed by atoms with Crippen molar-refractivity contribution in [3.63, 3.8) is 0 Å². The lowest BCUT2D eigenvalue weighted by molar-refractivity contribution is -0.0799. The third-order valence-electron chi connectivity index (χ3n) is 13.9. The third-order valence-corrected chi connectivity index (χ3v) is 13.9. The van der Waals surface area contributed by atoms with Gasteiger partial charge in [-0.05, 0) is 74.0 Å². The third kappa shape index (κ3) is 5.62. The molecule has 0 amide bonds. The van der Waals surface area contributed by atoms with E-state index >= 15 is 8.78 Å². The van der Waals surface area contributed by atoms with Crippen molar-refractivity contribution >= 4 is 25.4 Å². The lowest BCUT2D eigenvalue weighted by atomic mass is 9.74. The Morgan fingerprint density at radius 3 is 0.761 bits per heavy atom. The van der Waals surface area contributed by atoms with Crippen LogP contribution in [0.5, 0.6) is 0 Å². The van der Waals surface area contributed by atoms with Gasteiger partial charge in [-0.1, -0.05) is 38.5 Å². The predicted octanol–water partition coefficient (Wildman–Crippen LogP) is 2.17. The van der Waals surface area contributed by atoms with Crippen molar-refractivity contribution in [2.75, 3.05) is 0 Å². The van der Waals surface area contributed by atoms with Crippen molar-refractivity contribution in [3.05, 3.63) is 0 Å². The van der Waals surface area contributed by atoms with E-state index in [1.165, 1.54) is 38.5 Å². The molecule has 4 aliphatic carbocycles. The molecule has 8 bridgehead atoms. The van der Waals surface area contributed by atoms with Crippen LogP contribution < -0.4 is 42.5 Å². The predicted molar refractivity (Wildman–Crippen MR) is 173 cm³/mol. The van der Waals surface area contributed by atoms with Crippen molar-refractivity contribution in [1.82, 2.24) is 42.5 Å². The van der Waals surface area contributed by atoms with Gasteiger partial charge in [0.25, 0.3) is 0 Å². The Morgan fingerprint density at radius 1 is 0.326 bits per heavy atom. The van der Waals surface area contributed by atoms with Gasteiger partial charge >= 0.3 is 15.4 Å². The van der Waals surface area contributed by atoms with Gasteiger partial charge in [0.2, 0.25) is 0 Å². The van der Waals surface area contributed by atoms with Crippen LogP contribution in [0.2, 0.25) is 0 Å². The maximum atomic E-state index is 15.8. The van der Waals surface area contributed by atoms with E-state index in [1.807, 2.05) is 0 Å². The minimum absolute atomic E-state index is 0.0953. The lowest BCUT2D eigenvalue weighted by Gasteiger charge is -2.41. The number of nitrogens with one attached hydrogen (secondary N) is 8. The summed E-state index contributed by atoms with van der Waals surface area (Å²) >= 11 is 0.778. The number of fused-ring (bicyclic) bond motifs is 20.